The van der Waals surface area contributed by atoms with Gasteiger partial charge in [0.1, 0.15) is 24.2 Å². The summed E-state index contributed by atoms with van der Waals surface area (Å²) in [4.78, 5) is 63.5. The molecular weight excluding hydrogens is 729 g/mol. The lowest BCUT2D eigenvalue weighted by Crippen LogP contribution is -2.59. The Labute approximate surface area is 331 Å². The van der Waals surface area contributed by atoms with Crippen LogP contribution in [0.15, 0.2) is 60.9 Å². The van der Waals surface area contributed by atoms with E-state index in [1.807, 2.05) is 41.1 Å². The molecule has 15 heteroatoms. The van der Waals surface area contributed by atoms with Gasteiger partial charge in [-0.2, -0.15) is 10.5 Å². The third kappa shape index (κ3) is 9.98. The minimum atomic E-state index is -1.02. The SMILES string of the molecule is CCOC(=O)n1ccc2ccc(C(=O)NC3(C(=O)NCC#N)CCCCC3)cc21.COCCn1ccc2ccc(C(=O)NC3(C(=O)NCC#N)CCCCC3)cc21. The van der Waals surface area contributed by atoms with Crippen molar-refractivity contribution >= 4 is 51.5 Å². The zero-order valence-corrected chi connectivity index (χ0v) is 32.5. The van der Waals surface area contributed by atoms with E-state index in [0.29, 0.717) is 55.5 Å². The van der Waals surface area contributed by atoms with Gasteiger partial charge in [0, 0.05) is 48.1 Å². The molecule has 0 aliphatic heterocycles. The highest BCUT2D eigenvalue weighted by molar-refractivity contribution is 6.03. The zero-order chi connectivity index (χ0) is 40.8. The van der Waals surface area contributed by atoms with Crippen LogP contribution in [-0.4, -0.2) is 83.3 Å². The molecule has 4 amide bonds. The number of fused-ring (bicyclic) bond motifs is 2. The molecule has 2 aliphatic rings. The number of rotatable bonds is 12. The van der Waals surface area contributed by atoms with E-state index >= 15 is 0 Å². The van der Waals surface area contributed by atoms with Crippen LogP contribution in [0.2, 0.25) is 0 Å². The van der Waals surface area contributed by atoms with Crippen molar-refractivity contribution in [2.45, 2.75) is 88.8 Å². The minimum absolute atomic E-state index is 0.0601. The first-order chi connectivity index (χ1) is 27.6. The van der Waals surface area contributed by atoms with Gasteiger partial charge in [-0.1, -0.05) is 50.7 Å². The van der Waals surface area contributed by atoms with Crippen molar-refractivity contribution in [3.05, 3.63) is 72.1 Å². The number of carbonyl (C=O) groups is 5. The number of benzene rings is 2. The monoisotopic (exact) mass is 778 g/mol. The predicted molar refractivity (Wildman–Crippen MR) is 212 cm³/mol. The van der Waals surface area contributed by atoms with Crippen molar-refractivity contribution in [2.75, 3.05) is 33.4 Å². The molecule has 2 aliphatic carbocycles. The maximum Gasteiger partial charge on any atom is 0.418 e. The lowest BCUT2D eigenvalue weighted by molar-refractivity contribution is -0.129. The summed E-state index contributed by atoms with van der Waals surface area (Å²) < 4.78 is 13.6. The fourth-order valence-corrected chi connectivity index (χ4v) is 7.62. The fourth-order valence-electron chi connectivity index (χ4n) is 7.62. The van der Waals surface area contributed by atoms with Crippen LogP contribution in [0, 0.1) is 22.7 Å². The number of hydrogen-bond acceptors (Lipinski definition) is 9. The summed E-state index contributed by atoms with van der Waals surface area (Å²) in [5, 5.41) is 30.5. The molecule has 0 saturated heterocycles. The summed E-state index contributed by atoms with van der Waals surface area (Å²) in [5.41, 5.74) is 0.408. The number of nitrogens with one attached hydrogen (secondary N) is 4. The van der Waals surface area contributed by atoms with E-state index in [2.05, 4.69) is 21.3 Å². The number of ether oxygens (including phenoxy) is 2. The Kier molecular flexibility index (Phi) is 14.4. The van der Waals surface area contributed by atoms with Gasteiger partial charge in [0.05, 0.1) is 30.9 Å². The second-order valence-electron chi connectivity index (χ2n) is 14.3. The second-order valence-corrected chi connectivity index (χ2v) is 14.3. The number of carbonyl (C=O) groups excluding carboxylic acids is 5. The Morgan fingerprint density at radius 3 is 1.68 bits per heavy atom. The standard InChI is InChI=1S/C21H24N4O4.C21H26N4O3/c1-2-29-20(28)25-13-8-15-6-7-16(14-17(15)25)18(26)24-21(9-4-3-5-10-21)19(27)23-12-11-22;1-28-14-13-25-12-7-16-5-6-17(15-18(16)25)19(26)24-21(8-3-2-4-9-21)20(27)23-11-10-22/h6-8,13-14H,2-5,9-10,12H2,1H3,(H,23,27)(H,24,26);5-7,12,15H,2-4,8-9,11,13-14H2,1H3,(H,23,27)(H,24,26). The number of amides is 4. The number of hydrogen-bond donors (Lipinski definition) is 4. The van der Waals surface area contributed by atoms with Gasteiger partial charge in [0.15, 0.2) is 0 Å². The number of nitrogens with zero attached hydrogens (tertiary/aromatic N) is 4. The highest BCUT2D eigenvalue weighted by Gasteiger charge is 2.42. The molecule has 0 unspecified atom stereocenters. The van der Waals surface area contributed by atoms with Crippen molar-refractivity contribution in [2.24, 2.45) is 0 Å². The first-order valence-electron chi connectivity index (χ1n) is 19.4. The highest BCUT2D eigenvalue weighted by atomic mass is 16.5. The van der Waals surface area contributed by atoms with E-state index in [-0.39, 0.29) is 37.4 Å². The van der Waals surface area contributed by atoms with E-state index in [1.165, 1.54) is 4.57 Å². The molecule has 2 aromatic carbocycles. The summed E-state index contributed by atoms with van der Waals surface area (Å²) in [6.45, 7) is 3.10. The van der Waals surface area contributed by atoms with Crippen LogP contribution in [0.4, 0.5) is 4.79 Å². The average molecular weight is 779 g/mol. The molecule has 15 nitrogen and oxygen atoms in total. The summed E-state index contributed by atoms with van der Waals surface area (Å²) in [7, 11) is 1.66. The summed E-state index contributed by atoms with van der Waals surface area (Å²) in [6, 6.07) is 18.2. The molecular formula is C42H50N8O7. The molecule has 6 rings (SSSR count). The summed E-state index contributed by atoms with van der Waals surface area (Å²) in [5.74, 6) is -1.26. The molecule has 2 fully saturated rings. The summed E-state index contributed by atoms with van der Waals surface area (Å²) >= 11 is 0. The molecule has 2 heterocycles. The highest BCUT2D eigenvalue weighted by Crippen LogP contribution is 2.31. The van der Waals surface area contributed by atoms with Crippen LogP contribution < -0.4 is 21.3 Å². The largest absolute Gasteiger partial charge is 0.449 e. The molecule has 0 spiro atoms. The van der Waals surface area contributed by atoms with Gasteiger partial charge in [-0.05, 0) is 74.4 Å². The topological polar surface area (TPSA) is 209 Å². The van der Waals surface area contributed by atoms with E-state index in [1.54, 1.807) is 50.6 Å². The van der Waals surface area contributed by atoms with Crippen molar-refractivity contribution in [3.63, 3.8) is 0 Å². The maximum absolute atomic E-state index is 13.0. The molecule has 2 saturated carbocycles. The van der Waals surface area contributed by atoms with E-state index in [9.17, 15) is 24.0 Å². The van der Waals surface area contributed by atoms with Gasteiger partial charge in [0.2, 0.25) is 11.8 Å². The Bertz CT molecular complexity index is 2160. The van der Waals surface area contributed by atoms with Gasteiger partial charge in [-0.15, -0.1) is 0 Å². The molecule has 4 N–H and O–H groups in total. The third-order valence-corrected chi connectivity index (χ3v) is 10.6. The predicted octanol–water partition coefficient (Wildman–Crippen LogP) is 5.08. The average Bonchev–Trinajstić information content (AvgIpc) is 3.85. The van der Waals surface area contributed by atoms with Crippen LogP contribution in [-0.2, 0) is 25.6 Å². The Hall–Kier alpha value is -6.19. The molecule has 0 atom stereocenters. The van der Waals surface area contributed by atoms with Crippen molar-refractivity contribution in [3.8, 4) is 12.1 Å². The quantitative estimate of drug-likeness (QED) is 0.141. The Balaban J connectivity index is 0.000000218. The van der Waals surface area contributed by atoms with Gasteiger partial charge in [-0.25, -0.2) is 4.79 Å². The number of nitriles is 2. The molecule has 0 radical (unpaired) electrons. The second kappa shape index (κ2) is 19.6. The van der Waals surface area contributed by atoms with Gasteiger partial charge < -0.3 is 35.3 Å². The Morgan fingerprint density at radius 2 is 1.19 bits per heavy atom. The molecule has 0 bridgehead atoms. The fraction of sp³-hybridized carbons (Fsp3) is 0.452. The lowest BCUT2D eigenvalue weighted by Gasteiger charge is -2.36. The van der Waals surface area contributed by atoms with E-state index < -0.39 is 23.1 Å². The van der Waals surface area contributed by atoms with E-state index in [0.717, 1.165) is 54.8 Å². The van der Waals surface area contributed by atoms with Crippen molar-refractivity contribution < 1.29 is 33.4 Å². The number of methoxy groups -OCH3 is 1. The number of aromatic nitrogens is 2. The Morgan fingerprint density at radius 1 is 0.702 bits per heavy atom. The van der Waals surface area contributed by atoms with Gasteiger partial charge in [0.25, 0.3) is 11.8 Å². The van der Waals surface area contributed by atoms with Gasteiger partial charge in [-0.3, -0.25) is 23.7 Å². The first-order valence-corrected chi connectivity index (χ1v) is 19.4. The molecule has 57 heavy (non-hydrogen) atoms. The van der Waals surface area contributed by atoms with Crippen LogP contribution >= 0.6 is 0 Å². The zero-order valence-electron chi connectivity index (χ0n) is 32.5. The molecule has 2 aromatic heterocycles. The van der Waals surface area contributed by atoms with Gasteiger partial charge >= 0.3 is 6.09 Å². The molecule has 300 valence electrons. The van der Waals surface area contributed by atoms with Crippen LogP contribution in [0.1, 0.15) is 91.8 Å². The van der Waals surface area contributed by atoms with Crippen LogP contribution in [0.3, 0.4) is 0 Å². The smallest absolute Gasteiger partial charge is 0.418 e. The van der Waals surface area contributed by atoms with Crippen LogP contribution in [0.25, 0.3) is 21.8 Å². The third-order valence-electron chi connectivity index (χ3n) is 10.6. The van der Waals surface area contributed by atoms with Crippen molar-refractivity contribution in [1.29, 1.82) is 10.5 Å². The molecule has 4 aromatic rings. The first kappa shape index (κ1) is 42.0. The normalized spacial score (nSPS) is 15.5. The summed E-state index contributed by atoms with van der Waals surface area (Å²) in [6.07, 6.45) is 10.7. The lowest BCUT2D eigenvalue weighted by atomic mass is 9.80. The van der Waals surface area contributed by atoms with Crippen LogP contribution in [0.5, 0.6) is 0 Å². The maximum atomic E-state index is 13.0. The van der Waals surface area contributed by atoms with Crippen molar-refractivity contribution in [1.82, 2.24) is 30.4 Å². The van der Waals surface area contributed by atoms with E-state index in [4.69, 9.17) is 20.0 Å². The minimum Gasteiger partial charge on any atom is -0.449 e.